The number of hydrogen-bond acceptors (Lipinski definition) is 4. The van der Waals surface area contributed by atoms with Gasteiger partial charge in [-0.05, 0) is 44.8 Å². The average Bonchev–Trinajstić information content (AvgIpc) is 2.41. The molecule has 0 aromatic heterocycles. The number of carbonyl (C=O) groups is 1. The van der Waals surface area contributed by atoms with E-state index in [1.165, 1.54) is 13.8 Å². The molecule has 4 nitrogen and oxygen atoms in total. The molecule has 0 spiro atoms. The van der Waals surface area contributed by atoms with Gasteiger partial charge in [-0.1, -0.05) is 12.2 Å². The molecule has 0 fully saturated rings. The molecule has 0 aliphatic heterocycles. The molecule has 0 aromatic carbocycles. The Bertz CT molecular complexity index is 366. The van der Waals surface area contributed by atoms with Gasteiger partial charge in [0.05, 0.1) is 6.10 Å². The topological polar surface area (TPSA) is 77.8 Å². The number of ketones is 1. The molecule has 0 unspecified atom stereocenters. The molecule has 0 radical (unpaired) electrons. The minimum atomic E-state index is -1.80. The summed E-state index contributed by atoms with van der Waals surface area (Å²) in [5.41, 5.74) is -1.28. The number of allylic oxidation sites excluding steroid dienone is 2. The Morgan fingerprint density at radius 3 is 2.53 bits per heavy atom. The van der Waals surface area contributed by atoms with Crippen LogP contribution in [0.25, 0.3) is 0 Å². The van der Waals surface area contributed by atoms with Crippen molar-refractivity contribution >= 4 is 5.78 Å². The Morgan fingerprint density at radius 2 is 2.12 bits per heavy atom. The molecule has 0 amide bonds. The Balaban J connectivity index is 2.86. The maximum atomic E-state index is 11.7. The first-order valence-electron chi connectivity index (χ1n) is 5.79. The van der Waals surface area contributed by atoms with Crippen molar-refractivity contribution in [1.82, 2.24) is 0 Å². The maximum Gasteiger partial charge on any atom is 0.192 e. The predicted octanol–water partition coefficient (Wildman–Crippen LogP) is 0.715. The molecule has 3 N–H and O–H groups in total. The second kappa shape index (κ2) is 5.12. The summed E-state index contributed by atoms with van der Waals surface area (Å²) >= 11 is 0. The number of hydrogen-bond donors (Lipinski definition) is 3. The van der Waals surface area contributed by atoms with Gasteiger partial charge in [0.25, 0.3) is 0 Å². The standard InChI is InChI=1S/C13H20O4/c1-4-5-6-7-9(14)10-8(2)11(15)13(3,17)12(10)16/h4-5,9,12,14,16-17H,6-7H2,1-3H3/b5-4+/t9-,12+,13-/m1/s1. The van der Waals surface area contributed by atoms with Crippen molar-refractivity contribution in [3.05, 3.63) is 23.3 Å². The number of aliphatic hydroxyl groups excluding tert-OH is 2. The van der Waals surface area contributed by atoms with Crippen LogP contribution in [0.15, 0.2) is 23.3 Å². The largest absolute Gasteiger partial charge is 0.389 e. The number of rotatable bonds is 4. The van der Waals surface area contributed by atoms with Gasteiger partial charge in [-0.15, -0.1) is 0 Å². The van der Waals surface area contributed by atoms with E-state index in [0.717, 1.165) is 0 Å². The lowest BCUT2D eigenvalue weighted by Gasteiger charge is -2.23. The van der Waals surface area contributed by atoms with E-state index in [9.17, 15) is 20.1 Å². The molecule has 17 heavy (non-hydrogen) atoms. The third kappa shape index (κ3) is 2.49. The van der Waals surface area contributed by atoms with E-state index in [1.54, 1.807) is 0 Å². The van der Waals surface area contributed by atoms with Crippen LogP contribution in [0.2, 0.25) is 0 Å². The number of aliphatic hydroxyl groups is 3. The van der Waals surface area contributed by atoms with Gasteiger partial charge in [-0.25, -0.2) is 0 Å². The Hall–Kier alpha value is -0.970. The molecule has 4 heteroatoms. The Labute approximate surface area is 101 Å². The zero-order valence-electron chi connectivity index (χ0n) is 10.5. The lowest BCUT2D eigenvalue weighted by Crippen LogP contribution is -2.43. The molecule has 0 heterocycles. The fourth-order valence-corrected chi connectivity index (χ4v) is 2.15. The highest BCUT2D eigenvalue weighted by Gasteiger charge is 2.49. The highest BCUT2D eigenvalue weighted by Crippen LogP contribution is 2.34. The first-order chi connectivity index (χ1) is 7.84. The summed E-state index contributed by atoms with van der Waals surface area (Å²) in [6.45, 7) is 4.69. The zero-order valence-corrected chi connectivity index (χ0v) is 10.5. The van der Waals surface area contributed by atoms with E-state index in [-0.39, 0.29) is 11.1 Å². The average molecular weight is 240 g/mol. The van der Waals surface area contributed by atoms with Gasteiger partial charge in [-0.3, -0.25) is 4.79 Å². The Morgan fingerprint density at radius 1 is 1.53 bits per heavy atom. The minimum absolute atomic E-state index is 0.254. The summed E-state index contributed by atoms with van der Waals surface area (Å²) in [4.78, 5) is 11.7. The van der Waals surface area contributed by atoms with Crippen molar-refractivity contribution in [2.24, 2.45) is 0 Å². The van der Waals surface area contributed by atoms with Gasteiger partial charge in [0, 0.05) is 0 Å². The van der Waals surface area contributed by atoms with E-state index < -0.39 is 23.6 Å². The highest BCUT2D eigenvalue weighted by molar-refractivity contribution is 6.05. The molecular weight excluding hydrogens is 220 g/mol. The second-order valence-corrected chi connectivity index (χ2v) is 4.62. The van der Waals surface area contributed by atoms with Crippen molar-refractivity contribution in [2.75, 3.05) is 0 Å². The van der Waals surface area contributed by atoms with Crippen molar-refractivity contribution in [3.8, 4) is 0 Å². The van der Waals surface area contributed by atoms with Crippen LogP contribution >= 0.6 is 0 Å². The summed E-state index contributed by atoms with van der Waals surface area (Å²) in [7, 11) is 0. The van der Waals surface area contributed by atoms with Gasteiger partial charge >= 0.3 is 0 Å². The minimum Gasteiger partial charge on any atom is -0.389 e. The van der Waals surface area contributed by atoms with E-state index in [0.29, 0.717) is 12.8 Å². The molecule has 0 aromatic rings. The van der Waals surface area contributed by atoms with Crippen LogP contribution in [-0.2, 0) is 4.79 Å². The second-order valence-electron chi connectivity index (χ2n) is 4.62. The van der Waals surface area contributed by atoms with Gasteiger partial charge in [0.1, 0.15) is 6.10 Å². The van der Waals surface area contributed by atoms with Crippen LogP contribution in [0, 0.1) is 0 Å². The van der Waals surface area contributed by atoms with E-state index >= 15 is 0 Å². The van der Waals surface area contributed by atoms with Crippen LogP contribution in [0.3, 0.4) is 0 Å². The molecule has 0 saturated carbocycles. The van der Waals surface area contributed by atoms with Crippen LogP contribution in [0.5, 0.6) is 0 Å². The summed E-state index contributed by atoms with van der Waals surface area (Å²) in [5.74, 6) is -0.509. The van der Waals surface area contributed by atoms with Crippen molar-refractivity contribution in [3.63, 3.8) is 0 Å². The fraction of sp³-hybridized carbons (Fsp3) is 0.615. The van der Waals surface area contributed by atoms with Crippen LogP contribution in [0.1, 0.15) is 33.6 Å². The van der Waals surface area contributed by atoms with Gasteiger partial charge in [0.15, 0.2) is 11.4 Å². The zero-order chi connectivity index (χ0) is 13.2. The summed E-state index contributed by atoms with van der Waals surface area (Å²) < 4.78 is 0. The quantitative estimate of drug-likeness (QED) is 0.633. The van der Waals surface area contributed by atoms with Gasteiger partial charge in [-0.2, -0.15) is 0 Å². The molecule has 96 valence electrons. The first kappa shape index (κ1) is 14.1. The normalized spacial score (nSPS) is 31.6. The van der Waals surface area contributed by atoms with Crippen LogP contribution in [-0.4, -0.2) is 38.9 Å². The summed E-state index contributed by atoms with van der Waals surface area (Å²) in [6, 6.07) is 0. The molecule has 1 rings (SSSR count). The highest BCUT2D eigenvalue weighted by atomic mass is 16.4. The molecule has 1 aliphatic carbocycles. The molecule has 0 saturated heterocycles. The number of Topliss-reactive ketones (excluding diaryl/α,β-unsaturated/α-hetero) is 1. The monoisotopic (exact) mass is 240 g/mol. The summed E-state index contributed by atoms with van der Waals surface area (Å²) in [5, 5.41) is 29.7. The Kier molecular flexibility index (Phi) is 4.25. The van der Waals surface area contributed by atoms with Gasteiger partial charge in [0.2, 0.25) is 0 Å². The fourth-order valence-electron chi connectivity index (χ4n) is 2.15. The van der Waals surface area contributed by atoms with E-state index in [1.807, 2.05) is 19.1 Å². The molecule has 3 atom stereocenters. The van der Waals surface area contributed by atoms with Crippen molar-refractivity contribution in [2.45, 2.75) is 51.4 Å². The predicted molar refractivity (Wildman–Crippen MR) is 64.4 cm³/mol. The maximum absolute atomic E-state index is 11.7. The van der Waals surface area contributed by atoms with Crippen LogP contribution in [0.4, 0.5) is 0 Å². The smallest absolute Gasteiger partial charge is 0.192 e. The van der Waals surface area contributed by atoms with E-state index in [4.69, 9.17) is 0 Å². The summed E-state index contributed by atoms with van der Waals surface area (Å²) in [6.07, 6.45) is 2.67. The van der Waals surface area contributed by atoms with Crippen LogP contribution < -0.4 is 0 Å². The van der Waals surface area contributed by atoms with Crippen molar-refractivity contribution < 1.29 is 20.1 Å². The van der Waals surface area contributed by atoms with E-state index in [2.05, 4.69) is 0 Å². The lowest BCUT2D eigenvalue weighted by molar-refractivity contribution is -0.137. The third-order valence-electron chi connectivity index (χ3n) is 3.26. The lowest BCUT2D eigenvalue weighted by atomic mass is 9.94. The number of carbonyl (C=O) groups excluding carboxylic acids is 1. The third-order valence-corrected chi connectivity index (χ3v) is 3.26. The molecular formula is C13H20O4. The van der Waals surface area contributed by atoms with Crippen molar-refractivity contribution in [1.29, 1.82) is 0 Å². The molecule has 0 bridgehead atoms. The van der Waals surface area contributed by atoms with Gasteiger partial charge < -0.3 is 15.3 Å². The molecule has 1 aliphatic rings. The SMILES string of the molecule is C/C=C/CC[C@@H](O)C1=C(C)C(=O)[C@@](C)(O)[C@H]1O. The first-order valence-corrected chi connectivity index (χ1v) is 5.79.